The summed E-state index contributed by atoms with van der Waals surface area (Å²) in [5.41, 5.74) is 0.876. The molecule has 7 atom stereocenters. The van der Waals surface area contributed by atoms with Gasteiger partial charge in [0.2, 0.25) is 5.60 Å². The monoisotopic (exact) mass is 431 g/mol. The van der Waals surface area contributed by atoms with Gasteiger partial charge in [0.05, 0.1) is 6.10 Å². The first-order valence-electron chi connectivity index (χ1n) is 11.4. The smallest absolute Gasteiger partial charge is 0.331 e. The number of nitrogens with one attached hydrogen (secondary N) is 1. The molecule has 1 fully saturated rings. The second-order valence-corrected chi connectivity index (χ2v) is 10.1. The van der Waals surface area contributed by atoms with Crippen LogP contribution >= 0.6 is 0 Å². The summed E-state index contributed by atoms with van der Waals surface area (Å²) in [4.78, 5) is 26.3. The molecule has 3 aliphatic rings. The number of carbonyl (C=O) groups excluding carboxylic acids is 2. The van der Waals surface area contributed by atoms with Crippen LogP contribution in [0.15, 0.2) is 35.5 Å². The lowest BCUT2D eigenvalue weighted by Gasteiger charge is -2.45. The number of hydrogen-bond acceptors (Lipinski definition) is 5. The summed E-state index contributed by atoms with van der Waals surface area (Å²) >= 11 is 0. The third kappa shape index (κ3) is 4.65. The quantitative estimate of drug-likeness (QED) is 0.472. The van der Waals surface area contributed by atoms with Crippen molar-refractivity contribution in [1.29, 1.82) is 0 Å². The summed E-state index contributed by atoms with van der Waals surface area (Å²) in [6, 6.07) is -0.0807. The Morgan fingerprint density at radius 3 is 2.61 bits per heavy atom. The minimum atomic E-state index is -1.32. The Kier molecular flexibility index (Phi) is 7.11. The first kappa shape index (κ1) is 23.7. The minimum Gasteiger partial charge on any atom is -0.444 e. The molecule has 0 aromatic carbocycles. The Labute approximate surface area is 185 Å². The summed E-state index contributed by atoms with van der Waals surface area (Å²) in [6.07, 6.45) is 7.61. The van der Waals surface area contributed by atoms with Crippen molar-refractivity contribution in [3.63, 3.8) is 0 Å². The topological polar surface area (TPSA) is 95.9 Å². The van der Waals surface area contributed by atoms with Gasteiger partial charge in [-0.25, -0.2) is 4.79 Å². The zero-order valence-corrected chi connectivity index (χ0v) is 19.3. The third-order valence-corrected chi connectivity index (χ3v) is 7.15. The predicted octanol–water partition coefficient (Wildman–Crippen LogP) is 2.91. The van der Waals surface area contributed by atoms with Crippen molar-refractivity contribution in [2.75, 3.05) is 6.61 Å². The lowest BCUT2D eigenvalue weighted by atomic mass is 9.63. The molecule has 0 bridgehead atoms. The van der Waals surface area contributed by atoms with Crippen LogP contribution in [-0.4, -0.2) is 46.4 Å². The molecule has 172 valence electrons. The standard InChI is InChI=1S/C25H37NO5/c1-14(2)8-21-23-17(5)16(4)11-19-10-15(3)9-18(13-27)12-20(28)6-7-22(29)31-25(19,23)24(30)26-21/h6-7,10-11,14,17-21,23,27-28H,8-9,12-13H2,1-5H3,(H,26,30)/b7-6+,15-10?/t17-,18+,19+,20-,21+,23+,25-/m1/s1. The number of amides is 1. The first-order valence-corrected chi connectivity index (χ1v) is 11.4. The number of carbonyl (C=O) groups is 2. The van der Waals surface area contributed by atoms with E-state index >= 15 is 0 Å². The average Bonchev–Trinajstić information content (AvgIpc) is 2.94. The van der Waals surface area contributed by atoms with E-state index in [1.807, 2.05) is 13.0 Å². The van der Waals surface area contributed by atoms with Crippen molar-refractivity contribution in [2.45, 2.75) is 71.6 Å². The molecule has 31 heavy (non-hydrogen) atoms. The van der Waals surface area contributed by atoms with E-state index in [2.05, 4.69) is 39.1 Å². The van der Waals surface area contributed by atoms with Gasteiger partial charge in [0, 0.05) is 30.6 Å². The summed E-state index contributed by atoms with van der Waals surface area (Å²) in [5.74, 6) is -1.10. The summed E-state index contributed by atoms with van der Waals surface area (Å²) in [7, 11) is 0. The van der Waals surface area contributed by atoms with E-state index < -0.39 is 17.7 Å². The van der Waals surface area contributed by atoms with Gasteiger partial charge in [-0.05, 0) is 56.9 Å². The van der Waals surface area contributed by atoms with Gasteiger partial charge in [0.1, 0.15) is 0 Å². The van der Waals surface area contributed by atoms with Crippen LogP contribution in [0.2, 0.25) is 0 Å². The molecule has 0 aromatic heterocycles. The lowest BCUT2D eigenvalue weighted by molar-refractivity contribution is -0.172. The fourth-order valence-electron chi connectivity index (χ4n) is 5.69. The Balaban J connectivity index is 2.14. The average molecular weight is 432 g/mol. The predicted molar refractivity (Wildman–Crippen MR) is 119 cm³/mol. The molecule has 0 unspecified atom stereocenters. The maximum Gasteiger partial charge on any atom is 0.331 e. The second-order valence-electron chi connectivity index (χ2n) is 10.1. The summed E-state index contributed by atoms with van der Waals surface area (Å²) in [6.45, 7) is 10.4. The molecular formula is C25H37NO5. The van der Waals surface area contributed by atoms with Crippen LogP contribution in [0.3, 0.4) is 0 Å². The molecule has 3 N–H and O–H groups in total. The number of aliphatic hydroxyl groups excluding tert-OH is 2. The molecule has 6 heteroatoms. The van der Waals surface area contributed by atoms with Gasteiger partial charge in [-0.15, -0.1) is 0 Å². The van der Waals surface area contributed by atoms with Gasteiger partial charge < -0.3 is 20.3 Å². The number of rotatable bonds is 3. The van der Waals surface area contributed by atoms with E-state index in [4.69, 9.17) is 4.74 Å². The van der Waals surface area contributed by atoms with Crippen LogP contribution < -0.4 is 5.32 Å². The third-order valence-electron chi connectivity index (χ3n) is 7.15. The Morgan fingerprint density at radius 2 is 1.97 bits per heavy atom. The van der Waals surface area contributed by atoms with E-state index in [0.29, 0.717) is 18.8 Å². The number of esters is 1. The largest absolute Gasteiger partial charge is 0.444 e. The van der Waals surface area contributed by atoms with Crippen molar-refractivity contribution in [3.05, 3.63) is 35.5 Å². The van der Waals surface area contributed by atoms with Gasteiger partial charge in [-0.3, -0.25) is 4.79 Å². The Bertz CT molecular complexity index is 798. The molecule has 0 aromatic rings. The van der Waals surface area contributed by atoms with E-state index in [-0.39, 0.29) is 42.2 Å². The molecule has 1 spiro atoms. The van der Waals surface area contributed by atoms with Crippen LogP contribution in [0.4, 0.5) is 0 Å². The molecule has 2 heterocycles. The maximum absolute atomic E-state index is 13.5. The molecular weight excluding hydrogens is 394 g/mol. The zero-order valence-electron chi connectivity index (χ0n) is 19.3. The highest BCUT2D eigenvalue weighted by molar-refractivity contribution is 5.94. The molecule has 0 saturated carbocycles. The maximum atomic E-state index is 13.5. The number of ether oxygens (including phenoxy) is 1. The van der Waals surface area contributed by atoms with E-state index in [1.54, 1.807) is 0 Å². The molecule has 1 aliphatic carbocycles. The summed E-state index contributed by atoms with van der Waals surface area (Å²) < 4.78 is 6.04. The highest BCUT2D eigenvalue weighted by atomic mass is 16.6. The molecule has 0 radical (unpaired) electrons. The zero-order chi connectivity index (χ0) is 22.9. The number of hydrogen-bond donors (Lipinski definition) is 3. The van der Waals surface area contributed by atoms with Crippen molar-refractivity contribution in [1.82, 2.24) is 5.32 Å². The highest BCUT2D eigenvalue weighted by Gasteiger charge is 2.64. The van der Waals surface area contributed by atoms with Crippen LogP contribution in [0.1, 0.15) is 53.9 Å². The second kappa shape index (κ2) is 9.29. The highest BCUT2D eigenvalue weighted by Crippen LogP contribution is 2.51. The SMILES string of the molecule is CC1=C[C@H]2C=C(C)[C@@H](C)[C@H]3[C@H](CC(C)C)NC(=O)[C@@]23OC(=O)/C=C/[C@@H](O)C[C@@H](CO)C1. The van der Waals surface area contributed by atoms with Crippen molar-refractivity contribution in [3.8, 4) is 0 Å². The molecule has 1 amide bonds. The van der Waals surface area contributed by atoms with Gasteiger partial charge >= 0.3 is 5.97 Å². The first-order chi connectivity index (χ1) is 14.6. The Hall–Kier alpha value is -1.92. The lowest BCUT2D eigenvalue weighted by Crippen LogP contribution is -2.56. The van der Waals surface area contributed by atoms with Crippen LogP contribution in [-0.2, 0) is 14.3 Å². The van der Waals surface area contributed by atoms with Crippen LogP contribution in [0.5, 0.6) is 0 Å². The molecule has 3 rings (SSSR count). The van der Waals surface area contributed by atoms with Crippen molar-refractivity contribution >= 4 is 11.9 Å². The summed E-state index contributed by atoms with van der Waals surface area (Å²) in [5, 5.41) is 23.2. The van der Waals surface area contributed by atoms with E-state index in [9.17, 15) is 19.8 Å². The van der Waals surface area contributed by atoms with Crippen molar-refractivity contribution in [2.24, 2.45) is 29.6 Å². The van der Waals surface area contributed by atoms with Gasteiger partial charge in [-0.1, -0.05) is 44.1 Å². The fourth-order valence-corrected chi connectivity index (χ4v) is 5.69. The van der Waals surface area contributed by atoms with E-state index in [0.717, 1.165) is 12.0 Å². The van der Waals surface area contributed by atoms with Crippen LogP contribution in [0, 0.1) is 29.6 Å². The van der Waals surface area contributed by atoms with Gasteiger partial charge in [0.25, 0.3) is 5.91 Å². The van der Waals surface area contributed by atoms with Gasteiger partial charge in [-0.2, -0.15) is 0 Å². The molecule has 1 saturated heterocycles. The normalized spacial score (nSPS) is 39.9. The Morgan fingerprint density at radius 1 is 1.26 bits per heavy atom. The number of aliphatic hydroxyl groups is 2. The van der Waals surface area contributed by atoms with Gasteiger partial charge in [0.15, 0.2) is 0 Å². The fraction of sp³-hybridized carbons (Fsp3) is 0.680. The molecule has 2 aliphatic heterocycles. The van der Waals surface area contributed by atoms with Crippen LogP contribution in [0.25, 0.3) is 0 Å². The van der Waals surface area contributed by atoms with Crippen molar-refractivity contribution < 1.29 is 24.5 Å². The minimum absolute atomic E-state index is 0.0538. The van der Waals surface area contributed by atoms with E-state index in [1.165, 1.54) is 17.7 Å². The number of allylic oxidation sites excluding steroid dienone is 2. The molecule has 6 nitrogen and oxygen atoms in total.